The summed E-state index contributed by atoms with van der Waals surface area (Å²) in [6, 6.07) is 9.48. The van der Waals surface area contributed by atoms with Gasteiger partial charge in [-0.2, -0.15) is 0 Å². The van der Waals surface area contributed by atoms with Gasteiger partial charge in [-0.05, 0) is 56.2 Å². The van der Waals surface area contributed by atoms with Crippen LogP contribution in [0.1, 0.15) is 36.2 Å². The molecule has 0 atom stereocenters. The van der Waals surface area contributed by atoms with Gasteiger partial charge in [-0.3, -0.25) is 9.78 Å². The minimum atomic E-state index is -0.526. The van der Waals surface area contributed by atoms with Gasteiger partial charge < -0.3 is 16.0 Å². The molecule has 2 aromatic rings. The molecular weight excluding hydrogens is 312 g/mol. The number of carbonyl (C=O) groups excluding carboxylic acids is 1. The molecule has 0 spiro atoms. The molecule has 0 unspecified atom stereocenters. The van der Waals surface area contributed by atoms with E-state index in [0.717, 1.165) is 22.5 Å². The van der Waals surface area contributed by atoms with Crippen molar-refractivity contribution in [1.29, 1.82) is 5.41 Å². The first-order valence-electron chi connectivity index (χ1n) is 8.13. The zero-order valence-electron chi connectivity index (χ0n) is 14.9. The van der Waals surface area contributed by atoms with Crippen LogP contribution in [0, 0.1) is 12.3 Å². The van der Waals surface area contributed by atoms with E-state index in [0.29, 0.717) is 17.0 Å². The van der Waals surface area contributed by atoms with Crippen LogP contribution in [0.4, 0.5) is 5.69 Å². The van der Waals surface area contributed by atoms with Gasteiger partial charge in [0.2, 0.25) is 5.91 Å². The number of pyridine rings is 1. The van der Waals surface area contributed by atoms with Crippen LogP contribution in [0.5, 0.6) is 0 Å². The minimum Gasteiger partial charge on any atom is -0.398 e. The number of hydrogen-bond donors (Lipinski definition) is 2. The van der Waals surface area contributed by atoms with Gasteiger partial charge in [0.05, 0.1) is 11.1 Å². The molecule has 1 aliphatic heterocycles. The lowest BCUT2D eigenvalue weighted by Gasteiger charge is -2.16. The Morgan fingerprint density at radius 1 is 1.24 bits per heavy atom. The Bertz CT molecular complexity index is 894. The van der Waals surface area contributed by atoms with Gasteiger partial charge in [0.25, 0.3) is 0 Å². The van der Waals surface area contributed by atoms with Gasteiger partial charge in [0.15, 0.2) is 0 Å². The first-order chi connectivity index (χ1) is 11.7. The summed E-state index contributed by atoms with van der Waals surface area (Å²) >= 11 is 0. The first-order valence-corrected chi connectivity index (χ1v) is 8.13. The number of aryl methyl sites for hydroxylation is 1. The van der Waals surface area contributed by atoms with Crippen LogP contribution in [-0.4, -0.2) is 23.7 Å². The molecule has 25 heavy (non-hydrogen) atoms. The van der Waals surface area contributed by atoms with E-state index in [9.17, 15) is 4.79 Å². The highest BCUT2D eigenvalue weighted by molar-refractivity contribution is 6.10. The number of likely N-dealkylation sites (N-methyl/N-ethyl adjacent to an activating group) is 1. The average Bonchev–Trinajstić information content (AvgIpc) is 2.76. The molecule has 3 rings (SSSR count). The summed E-state index contributed by atoms with van der Waals surface area (Å²) in [6.45, 7) is 5.76. The predicted octanol–water partition coefficient (Wildman–Crippen LogP) is 3.01. The van der Waals surface area contributed by atoms with Crippen LogP contribution in [-0.2, 0) is 10.2 Å². The van der Waals surface area contributed by atoms with Gasteiger partial charge in [-0.25, -0.2) is 0 Å². The fourth-order valence-corrected chi connectivity index (χ4v) is 3.11. The number of rotatable bonds is 3. The van der Waals surface area contributed by atoms with Crippen molar-refractivity contribution in [2.24, 2.45) is 5.73 Å². The maximum Gasteiger partial charge on any atom is 0.236 e. The van der Waals surface area contributed by atoms with Gasteiger partial charge in [0, 0.05) is 35.9 Å². The summed E-state index contributed by atoms with van der Waals surface area (Å²) in [6.07, 6.45) is 3.29. The van der Waals surface area contributed by atoms with E-state index < -0.39 is 5.41 Å². The third-order valence-corrected chi connectivity index (χ3v) is 4.73. The van der Waals surface area contributed by atoms with Gasteiger partial charge in [-0.15, -0.1) is 0 Å². The number of hydrogen-bond acceptors (Lipinski definition) is 4. The Morgan fingerprint density at radius 3 is 2.56 bits per heavy atom. The molecule has 3 N–H and O–H groups in total. The second kappa shape index (κ2) is 5.84. The second-order valence-electron chi connectivity index (χ2n) is 6.92. The number of anilines is 1. The van der Waals surface area contributed by atoms with Crippen molar-refractivity contribution in [3.05, 3.63) is 65.0 Å². The highest BCUT2D eigenvalue weighted by Crippen LogP contribution is 2.41. The van der Waals surface area contributed by atoms with Gasteiger partial charge >= 0.3 is 0 Å². The number of amides is 1. The molecule has 0 saturated carbocycles. The molecule has 1 amide bonds. The van der Waals surface area contributed by atoms with E-state index in [1.165, 1.54) is 0 Å². The van der Waals surface area contributed by atoms with E-state index in [-0.39, 0.29) is 5.91 Å². The Kier molecular flexibility index (Phi) is 3.95. The molecule has 128 valence electrons. The van der Waals surface area contributed by atoms with Crippen LogP contribution >= 0.6 is 0 Å². The lowest BCUT2D eigenvalue weighted by Crippen LogP contribution is -2.33. The maximum absolute atomic E-state index is 12.4. The summed E-state index contributed by atoms with van der Waals surface area (Å²) in [5.41, 5.74) is 10.7. The molecule has 5 nitrogen and oxygen atoms in total. The van der Waals surface area contributed by atoms with Crippen molar-refractivity contribution >= 4 is 23.0 Å². The summed E-state index contributed by atoms with van der Waals surface area (Å²) in [5.74, 6) is 0.0701. The van der Waals surface area contributed by atoms with Crippen molar-refractivity contribution in [2.45, 2.75) is 26.2 Å². The van der Waals surface area contributed by atoms with E-state index >= 15 is 0 Å². The number of nitrogens with zero attached hydrogens (tertiary/aromatic N) is 2. The first kappa shape index (κ1) is 16.9. The number of aromatic nitrogens is 1. The molecule has 0 bridgehead atoms. The molecule has 1 aromatic heterocycles. The highest BCUT2D eigenvalue weighted by atomic mass is 16.2. The number of carbonyl (C=O) groups is 1. The maximum atomic E-state index is 12.4. The smallest absolute Gasteiger partial charge is 0.236 e. The topological polar surface area (TPSA) is 83.1 Å². The SMILES string of the molecule is Cc1ccc(C(=N)C=C(N)c2ccc3c(c2)N(C)C(=O)C3(C)C)cn1. The zero-order valence-corrected chi connectivity index (χ0v) is 14.9. The molecule has 1 aliphatic rings. The Balaban J connectivity index is 1.94. The molecule has 0 fully saturated rings. The molecule has 5 heteroatoms. The summed E-state index contributed by atoms with van der Waals surface area (Å²) in [5, 5.41) is 8.21. The third-order valence-electron chi connectivity index (χ3n) is 4.73. The van der Waals surface area contributed by atoms with E-state index in [1.807, 2.05) is 51.1 Å². The number of nitrogens with two attached hydrogens (primary N) is 1. The lowest BCUT2D eigenvalue weighted by molar-refractivity contribution is -0.121. The number of nitrogens with one attached hydrogen (secondary N) is 1. The van der Waals surface area contributed by atoms with E-state index in [1.54, 1.807) is 24.2 Å². The zero-order chi connectivity index (χ0) is 18.4. The fourth-order valence-electron chi connectivity index (χ4n) is 3.11. The summed E-state index contributed by atoms with van der Waals surface area (Å²) < 4.78 is 0. The van der Waals surface area contributed by atoms with Crippen molar-refractivity contribution in [2.75, 3.05) is 11.9 Å². The van der Waals surface area contributed by atoms with Gasteiger partial charge in [0.1, 0.15) is 0 Å². The Hall–Kier alpha value is -2.95. The number of allylic oxidation sites excluding steroid dienone is 1. The highest BCUT2D eigenvalue weighted by Gasteiger charge is 2.42. The number of fused-ring (bicyclic) bond motifs is 1. The van der Waals surface area contributed by atoms with Crippen LogP contribution < -0.4 is 10.6 Å². The number of benzene rings is 1. The van der Waals surface area contributed by atoms with Crippen LogP contribution in [0.25, 0.3) is 5.70 Å². The standard InChI is InChI=1S/C20H22N4O/c1-12-5-6-14(11-23-12)17(22)10-16(21)13-7-8-15-18(9-13)24(4)19(25)20(15,2)3/h5-11,22H,21H2,1-4H3. The summed E-state index contributed by atoms with van der Waals surface area (Å²) in [4.78, 5) is 18.3. The van der Waals surface area contributed by atoms with Crippen LogP contribution in [0.15, 0.2) is 42.6 Å². The predicted molar refractivity (Wildman–Crippen MR) is 101 cm³/mol. The monoisotopic (exact) mass is 334 g/mol. The van der Waals surface area contributed by atoms with Crippen molar-refractivity contribution in [3.8, 4) is 0 Å². The second-order valence-corrected chi connectivity index (χ2v) is 6.92. The van der Waals surface area contributed by atoms with Crippen molar-refractivity contribution < 1.29 is 4.79 Å². The van der Waals surface area contributed by atoms with Crippen LogP contribution in [0.2, 0.25) is 0 Å². The summed E-state index contributed by atoms with van der Waals surface area (Å²) in [7, 11) is 1.78. The normalized spacial score (nSPS) is 16.1. The largest absolute Gasteiger partial charge is 0.398 e. The molecule has 0 aliphatic carbocycles. The third kappa shape index (κ3) is 2.82. The van der Waals surface area contributed by atoms with Crippen molar-refractivity contribution in [1.82, 2.24) is 4.98 Å². The van der Waals surface area contributed by atoms with Gasteiger partial charge in [-0.1, -0.05) is 12.1 Å². The van der Waals surface area contributed by atoms with E-state index in [2.05, 4.69) is 4.98 Å². The van der Waals surface area contributed by atoms with Crippen molar-refractivity contribution in [3.63, 3.8) is 0 Å². The Morgan fingerprint density at radius 2 is 1.92 bits per heavy atom. The molecular formula is C20H22N4O. The van der Waals surface area contributed by atoms with Crippen LogP contribution in [0.3, 0.4) is 0 Å². The average molecular weight is 334 g/mol. The quantitative estimate of drug-likeness (QED) is 0.846. The molecule has 1 aromatic carbocycles. The molecule has 0 saturated heterocycles. The van der Waals surface area contributed by atoms with E-state index in [4.69, 9.17) is 11.1 Å². The lowest BCUT2D eigenvalue weighted by atomic mass is 9.85. The molecule has 2 heterocycles. The minimum absolute atomic E-state index is 0.0701. The Labute approximate surface area is 147 Å². The fraction of sp³-hybridized carbons (Fsp3) is 0.250. The molecule has 0 radical (unpaired) electrons.